The van der Waals surface area contributed by atoms with Crippen molar-refractivity contribution in [3.63, 3.8) is 0 Å². The van der Waals surface area contributed by atoms with E-state index >= 15 is 0 Å². The van der Waals surface area contributed by atoms with Gasteiger partial charge in [0, 0.05) is 10.9 Å². The molecule has 0 saturated carbocycles. The third-order valence-corrected chi connectivity index (χ3v) is 3.28. The molecule has 1 unspecified atom stereocenters. The van der Waals surface area contributed by atoms with E-state index in [0.29, 0.717) is 0 Å². The summed E-state index contributed by atoms with van der Waals surface area (Å²) in [5.74, 6) is -1.66. The third kappa shape index (κ3) is 5.00. The average Bonchev–Trinajstić information content (AvgIpc) is 2.36. The maximum Gasteiger partial charge on any atom is 0.328 e. The van der Waals surface area contributed by atoms with Crippen molar-refractivity contribution in [3.05, 3.63) is 34.3 Å². The van der Waals surface area contributed by atoms with Crippen molar-refractivity contribution in [2.75, 3.05) is 6.61 Å². The number of aliphatic hydroxyl groups excluding tert-OH is 1. The number of carbonyl (C=O) groups is 2. The van der Waals surface area contributed by atoms with Gasteiger partial charge in [-0.05, 0) is 23.6 Å². The molecule has 0 aliphatic heterocycles. The number of amides is 1. The quantitative estimate of drug-likeness (QED) is 0.738. The molecule has 0 spiro atoms. The minimum Gasteiger partial charge on any atom is -0.480 e. The second-order valence-corrected chi connectivity index (χ2v) is 5.21. The topological polar surface area (TPSA) is 86.6 Å². The minimum absolute atomic E-state index is 0.0266. The summed E-state index contributed by atoms with van der Waals surface area (Å²) in [6, 6.07) is 6.34. The molecular weight excluding hydrogens is 314 g/mol. The first-order valence-electron chi connectivity index (χ1n) is 5.82. The molecule has 5 nitrogen and oxygen atoms in total. The van der Waals surface area contributed by atoms with Crippen LogP contribution in [0.5, 0.6) is 0 Å². The Kier molecular flexibility index (Phi) is 5.98. The van der Waals surface area contributed by atoms with Gasteiger partial charge < -0.3 is 15.5 Å². The van der Waals surface area contributed by atoms with E-state index in [1.807, 2.05) is 31.2 Å². The SMILES string of the molecule is CC(CC(=O)N[C@H](CO)C(=O)O)c1ccc(Br)cc1. The average molecular weight is 330 g/mol. The summed E-state index contributed by atoms with van der Waals surface area (Å²) in [7, 11) is 0. The van der Waals surface area contributed by atoms with Crippen LogP contribution in [0.2, 0.25) is 0 Å². The fourth-order valence-corrected chi connectivity index (χ4v) is 1.89. The summed E-state index contributed by atoms with van der Waals surface area (Å²) in [4.78, 5) is 22.4. The van der Waals surface area contributed by atoms with E-state index < -0.39 is 24.5 Å². The maximum atomic E-state index is 11.7. The van der Waals surface area contributed by atoms with Gasteiger partial charge >= 0.3 is 5.97 Å². The number of hydrogen-bond donors (Lipinski definition) is 3. The van der Waals surface area contributed by atoms with Crippen molar-refractivity contribution >= 4 is 27.8 Å². The van der Waals surface area contributed by atoms with Crippen LogP contribution in [-0.2, 0) is 9.59 Å². The van der Waals surface area contributed by atoms with Crippen molar-refractivity contribution in [3.8, 4) is 0 Å². The highest BCUT2D eigenvalue weighted by Gasteiger charge is 2.20. The van der Waals surface area contributed by atoms with E-state index in [9.17, 15) is 9.59 Å². The summed E-state index contributed by atoms with van der Waals surface area (Å²) < 4.78 is 0.958. The number of benzene rings is 1. The van der Waals surface area contributed by atoms with Gasteiger partial charge in [-0.25, -0.2) is 4.79 Å². The molecule has 2 atom stereocenters. The second-order valence-electron chi connectivity index (χ2n) is 4.30. The summed E-state index contributed by atoms with van der Waals surface area (Å²) in [6.07, 6.45) is 0.172. The normalized spacial score (nSPS) is 13.6. The lowest BCUT2D eigenvalue weighted by Crippen LogP contribution is -2.43. The predicted molar refractivity (Wildman–Crippen MR) is 73.8 cm³/mol. The van der Waals surface area contributed by atoms with Crippen molar-refractivity contribution < 1.29 is 19.8 Å². The highest BCUT2D eigenvalue weighted by molar-refractivity contribution is 9.10. The monoisotopic (exact) mass is 329 g/mol. The minimum atomic E-state index is -1.25. The van der Waals surface area contributed by atoms with E-state index in [-0.39, 0.29) is 12.3 Å². The number of carbonyl (C=O) groups excluding carboxylic acids is 1. The van der Waals surface area contributed by atoms with Crippen LogP contribution in [0.15, 0.2) is 28.7 Å². The van der Waals surface area contributed by atoms with Gasteiger partial charge in [0.25, 0.3) is 0 Å². The van der Waals surface area contributed by atoms with Gasteiger partial charge in [0.05, 0.1) is 6.61 Å². The molecule has 1 rings (SSSR count). The zero-order valence-corrected chi connectivity index (χ0v) is 12.1. The molecule has 0 heterocycles. The van der Waals surface area contributed by atoms with Crippen LogP contribution >= 0.6 is 15.9 Å². The van der Waals surface area contributed by atoms with E-state index in [0.717, 1.165) is 10.0 Å². The van der Waals surface area contributed by atoms with Gasteiger partial charge in [-0.3, -0.25) is 4.79 Å². The molecule has 0 bridgehead atoms. The number of hydrogen-bond acceptors (Lipinski definition) is 3. The molecule has 104 valence electrons. The van der Waals surface area contributed by atoms with Crippen LogP contribution in [-0.4, -0.2) is 34.7 Å². The molecule has 19 heavy (non-hydrogen) atoms. The second kappa shape index (κ2) is 7.25. The molecule has 1 aromatic carbocycles. The fraction of sp³-hybridized carbons (Fsp3) is 0.385. The van der Waals surface area contributed by atoms with Gasteiger partial charge in [-0.1, -0.05) is 35.0 Å². The Morgan fingerprint density at radius 3 is 2.37 bits per heavy atom. The Bertz CT molecular complexity index is 446. The molecule has 1 aromatic rings. The molecule has 1 amide bonds. The van der Waals surface area contributed by atoms with Crippen molar-refractivity contribution in [2.45, 2.75) is 25.3 Å². The van der Waals surface area contributed by atoms with E-state index in [1.54, 1.807) is 0 Å². The first-order chi connectivity index (χ1) is 8.93. The van der Waals surface area contributed by atoms with Crippen molar-refractivity contribution in [1.29, 1.82) is 0 Å². The number of nitrogens with one attached hydrogen (secondary N) is 1. The number of aliphatic hydroxyl groups is 1. The molecule has 6 heteroatoms. The first-order valence-corrected chi connectivity index (χ1v) is 6.61. The van der Waals surface area contributed by atoms with Crippen LogP contribution in [0.3, 0.4) is 0 Å². The molecule has 3 N–H and O–H groups in total. The number of rotatable bonds is 6. The molecule has 0 radical (unpaired) electrons. The van der Waals surface area contributed by atoms with Crippen LogP contribution in [0, 0.1) is 0 Å². The van der Waals surface area contributed by atoms with Gasteiger partial charge in [0.15, 0.2) is 0 Å². The largest absolute Gasteiger partial charge is 0.480 e. The zero-order chi connectivity index (χ0) is 14.4. The number of aliphatic carboxylic acids is 1. The maximum absolute atomic E-state index is 11.7. The zero-order valence-electron chi connectivity index (χ0n) is 10.5. The summed E-state index contributed by atoms with van der Waals surface area (Å²) in [5, 5.41) is 19.8. The fourth-order valence-electron chi connectivity index (χ4n) is 1.63. The lowest BCUT2D eigenvalue weighted by atomic mass is 9.97. The lowest BCUT2D eigenvalue weighted by Gasteiger charge is -2.15. The Morgan fingerprint density at radius 1 is 1.32 bits per heavy atom. The molecular formula is C13H16BrNO4. The standard InChI is InChI=1S/C13H16BrNO4/c1-8(9-2-4-10(14)5-3-9)6-12(17)15-11(7-16)13(18)19/h2-5,8,11,16H,6-7H2,1H3,(H,15,17)(H,18,19)/t8?,11-/m1/s1. The molecule has 0 aliphatic rings. The summed E-state index contributed by atoms with van der Waals surface area (Å²) in [5.41, 5.74) is 0.995. The van der Waals surface area contributed by atoms with Crippen molar-refractivity contribution in [2.24, 2.45) is 0 Å². The Hall–Kier alpha value is -1.40. The summed E-state index contributed by atoms with van der Waals surface area (Å²) in [6.45, 7) is 1.27. The highest BCUT2D eigenvalue weighted by Crippen LogP contribution is 2.21. The molecule has 0 aromatic heterocycles. The number of carboxylic acid groups (broad SMARTS) is 1. The van der Waals surface area contributed by atoms with Crippen LogP contribution < -0.4 is 5.32 Å². The van der Waals surface area contributed by atoms with E-state index in [2.05, 4.69) is 21.2 Å². The van der Waals surface area contributed by atoms with Crippen LogP contribution in [0.25, 0.3) is 0 Å². The Morgan fingerprint density at radius 2 is 1.89 bits per heavy atom. The van der Waals surface area contributed by atoms with Crippen LogP contribution in [0.1, 0.15) is 24.8 Å². The van der Waals surface area contributed by atoms with Gasteiger partial charge in [-0.2, -0.15) is 0 Å². The Balaban J connectivity index is 2.56. The van der Waals surface area contributed by atoms with Crippen LogP contribution in [0.4, 0.5) is 0 Å². The van der Waals surface area contributed by atoms with Crippen molar-refractivity contribution in [1.82, 2.24) is 5.32 Å². The summed E-state index contributed by atoms with van der Waals surface area (Å²) >= 11 is 3.33. The number of carboxylic acids is 1. The number of halogens is 1. The van der Waals surface area contributed by atoms with E-state index in [1.165, 1.54) is 0 Å². The Labute approximate surface area is 119 Å². The smallest absolute Gasteiger partial charge is 0.328 e. The molecule has 0 saturated heterocycles. The van der Waals surface area contributed by atoms with Gasteiger partial charge in [0.1, 0.15) is 6.04 Å². The predicted octanol–water partition coefficient (Wildman–Crippen LogP) is 1.50. The van der Waals surface area contributed by atoms with E-state index in [4.69, 9.17) is 10.2 Å². The molecule has 0 fully saturated rings. The van der Waals surface area contributed by atoms with Gasteiger partial charge in [-0.15, -0.1) is 0 Å². The highest BCUT2D eigenvalue weighted by atomic mass is 79.9. The third-order valence-electron chi connectivity index (χ3n) is 2.75. The first kappa shape index (κ1) is 15.7. The lowest BCUT2D eigenvalue weighted by molar-refractivity contribution is -0.143. The molecule has 0 aliphatic carbocycles. The van der Waals surface area contributed by atoms with Gasteiger partial charge in [0.2, 0.25) is 5.91 Å².